The van der Waals surface area contributed by atoms with Crippen LogP contribution in [-0.4, -0.2) is 11.5 Å². The summed E-state index contributed by atoms with van der Waals surface area (Å²) >= 11 is 1.66. The lowest BCUT2D eigenvalue weighted by molar-refractivity contribution is 0.0957. The number of rotatable bonds is 1. The van der Waals surface area contributed by atoms with Crippen molar-refractivity contribution in [1.82, 2.24) is 0 Å². The Balaban J connectivity index is 1.78. The topological polar surface area (TPSA) is 42.6 Å². The number of hydrogen-bond donors (Lipinski definition) is 0. The van der Waals surface area contributed by atoms with Crippen LogP contribution >= 0.6 is 11.8 Å². The number of thioether (sulfide) groups is 1. The van der Waals surface area contributed by atoms with Gasteiger partial charge in [0.25, 0.3) is 0 Å². The van der Waals surface area contributed by atoms with Crippen molar-refractivity contribution in [3.8, 4) is 0 Å². The third-order valence-electron chi connectivity index (χ3n) is 4.53. The van der Waals surface area contributed by atoms with Crippen molar-refractivity contribution >= 4 is 28.9 Å². The van der Waals surface area contributed by atoms with Gasteiger partial charge in [-0.1, -0.05) is 36.4 Å². The smallest absolute Gasteiger partial charge is 0.174 e. The minimum atomic E-state index is -0.314. The molecule has 0 bridgehead atoms. The SMILES string of the molecule is O=C1c2ccccc2C2=Nc3ccccc3S[C@@H](c3ccco3)C12. The zero-order valence-electron chi connectivity index (χ0n) is 12.7. The second kappa shape index (κ2) is 5.21. The lowest BCUT2D eigenvalue weighted by Crippen LogP contribution is -2.21. The average molecular weight is 331 g/mol. The maximum absolute atomic E-state index is 13.1. The van der Waals surface area contributed by atoms with Gasteiger partial charge in [0.1, 0.15) is 5.76 Å². The molecule has 3 aromatic rings. The Hall–Kier alpha value is -2.59. The van der Waals surface area contributed by atoms with Gasteiger partial charge in [0.15, 0.2) is 5.78 Å². The highest BCUT2D eigenvalue weighted by molar-refractivity contribution is 7.99. The van der Waals surface area contributed by atoms with Gasteiger partial charge in [0, 0.05) is 16.0 Å². The number of benzene rings is 2. The van der Waals surface area contributed by atoms with Gasteiger partial charge >= 0.3 is 0 Å². The molecule has 5 rings (SSSR count). The Kier molecular flexibility index (Phi) is 3.00. The van der Waals surface area contributed by atoms with Crippen molar-refractivity contribution in [3.63, 3.8) is 0 Å². The first-order valence-electron chi connectivity index (χ1n) is 7.84. The van der Waals surface area contributed by atoms with E-state index in [-0.39, 0.29) is 17.0 Å². The molecule has 0 saturated carbocycles. The summed E-state index contributed by atoms with van der Waals surface area (Å²) < 4.78 is 5.67. The Bertz CT molecular complexity index is 975. The van der Waals surface area contributed by atoms with Crippen LogP contribution in [0.25, 0.3) is 0 Å². The van der Waals surface area contributed by atoms with Crippen molar-refractivity contribution in [3.05, 3.63) is 83.8 Å². The van der Waals surface area contributed by atoms with Gasteiger partial charge in [0.05, 0.1) is 28.8 Å². The lowest BCUT2D eigenvalue weighted by Gasteiger charge is -2.18. The normalized spacial score (nSPS) is 21.5. The van der Waals surface area contributed by atoms with Gasteiger partial charge in [-0.25, -0.2) is 0 Å². The van der Waals surface area contributed by atoms with E-state index in [1.165, 1.54) is 0 Å². The molecular weight excluding hydrogens is 318 g/mol. The summed E-state index contributed by atoms with van der Waals surface area (Å²) in [6.45, 7) is 0. The van der Waals surface area contributed by atoms with Crippen molar-refractivity contribution in [2.75, 3.05) is 0 Å². The quantitative estimate of drug-likeness (QED) is 0.626. The summed E-state index contributed by atoms with van der Waals surface area (Å²) in [6, 6.07) is 19.6. The molecule has 24 heavy (non-hydrogen) atoms. The van der Waals surface area contributed by atoms with E-state index in [1.54, 1.807) is 18.0 Å². The number of aliphatic imine (C=N–C) groups is 1. The van der Waals surface area contributed by atoms with E-state index < -0.39 is 0 Å². The summed E-state index contributed by atoms with van der Waals surface area (Å²) in [5.74, 6) is 0.632. The number of carbonyl (C=O) groups excluding carboxylic acids is 1. The first kappa shape index (κ1) is 13.8. The van der Waals surface area contributed by atoms with E-state index in [4.69, 9.17) is 9.41 Å². The molecule has 0 radical (unpaired) electrons. The fraction of sp³-hybridized carbons (Fsp3) is 0.100. The fourth-order valence-corrected chi connectivity index (χ4v) is 4.75. The molecule has 1 unspecified atom stereocenters. The number of carbonyl (C=O) groups is 1. The number of ketones is 1. The van der Waals surface area contributed by atoms with E-state index in [0.717, 1.165) is 33.2 Å². The van der Waals surface area contributed by atoms with Crippen LogP contribution in [0.4, 0.5) is 5.69 Å². The maximum Gasteiger partial charge on any atom is 0.174 e. The molecule has 2 atom stereocenters. The van der Waals surface area contributed by atoms with Crippen LogP contribution in [0.1, 0.15) is 26.9 Å². The zero-order valence-corrected chi connectivity index (χ0v) is 13.5. The number of para-hydroxylation sites is 1. The van der Waals surface area contributed by atoms with Gasteiger partial charge in [-0.15, -0.1) is 11.8 Å². The fourth-order valence-electron chi connectivity index (χ4n) is 3.45. The lowest BCUT2D eigenvalue weighted by atomic mass is 9.97. The van der Waals surface area contributed by atoms with Gasteiger partial charge in [0.2, 0.25) is 0 Å². The zero-order chi connectivity index (χ0) is 16.1. The number of nitrogens with zero attached hydrogens (tertiary/aromatic N) is 1. The van der Waals surface area contributed by atoms with E-state index in [2.05, 4.69) is 6.07 Å². The first-order chi connectivity index (χ1) is 11.8. The molecule has 1 aromatic heterocycles. The van der Waals surface area contributed by atoms with Crippen molar-refractivity contribution in [2.24, 2.45) is 10.9 Å². The standard InChI is InChI=1S/C20H13NO2S/c22-19-13-7-2-1-6-12(13)18-17(19)20(15-9-5-11-23-15)24-16-10-4-3-8-14(16)21-18/h1-11,17,20H/t17?,20-/m0/s1. The van der Waals surface area contributed by atoms with Gasteiger partial charge in [-0.05, 0) is 24.3 Å². The molecule has 3 nitrogen and oxygen atoms in total. The molecule has 2 heterocycles. The van der Waals surface area contributed by atoms with Crippen molar-refractivity contribution in [1.29, 1.82) is 0 Å². The van der Waals surface area contributed by atoms with Crippen LogP contribution in [0.2, 0.25) is 0 Å². The molecule has 1 aliphatic carbocycles. The molecule has 2 aliphatic rings. The number of fused-ring (bicyclic) bond motifs is 4. The van der Waals surface area contributed by atoms with Crippen LogP contribution in [0.15, 0.2) is 81.2 Å². The molecule has 4 heteroatoms. The molecule has 0 N–H and O–H groups in total. The summed E-state index contributed by atoms with van der Waals surface area (Å²) in [6.07, 6.45) is 1.66. The Morgan fingerprint density at radius 2 is 1.71 bits per heavy atom. The number of Topliss-reactive ketones (excluding diaryl/α,β-unsaturated/α-hetero) is 1. The monoisotopic (exact) mass is 331 g/mol. The van der Waals surface area contributed by atoms with Gasteiger partial charge in [-0.3, -0.25) is 9.79 Å². The predicted octanol–water partition coefficient (Wildman–Crippen LogP) is 5.06. The summed E-state index contributed by atoms with van der Waals surface area (Å²) in [5, 5.41) is -0.109. The molecule has 0 spiro atoms. The second-order valence-electron chi connectivity index (χ2n) is 5.91. The molecule has 0 saturated heterocycles. The van der Waals surface area contributed by atoms with Gasteiger partial charge < -0.3 is 4.42 Å². The first-order valence-corrected chi connectivity index (χ1v) is 8.72. The van der Waals surface area contributed by atoms with Gasteiger partial charge in [-0.2, -0.15) is 0 Å². The average Bonchev–Trinajstić information content (AvgIpc) is 3.19. The second-order valence-corrected chi connectivity index (χ2v) is 7.09. The maximum atomic E-state index is 13.1. The molecule has 2 aromatic carbocycles. The third-order valence-corrected chi connectivity index (χ3v) is 5.89. The van der Waals surface area contributed by atoms with E-state index in [9.17, 15) is 4.79 Å². The number of hydrogen-bond acceptors (Lipinski definition) is 4. The Labute approximate surface area is 143 Å². The van der Waals surface area contributed by atoms with Crippen molar-refractivity contribution < 1.29 is 9.21 Å². The molecule has 0 amide bonds. The highest BCUT2D eigenvalue weighted by Crippen LogP contribution is 2.51. The largest absolute Gasteiger partial charge is 0.468 e. The van der Waals surface area contributed by atoms with Crippen molar-refractivity contribution in [2.45, 2.75) is 10.1 Å². The summed E-state index contributed by atoms with van der Waals surface area (Å²) in [4.78, 5) is 19.1. The van der Waals surface area contributed by atoms with E-state index in [1.807, 2.05) is 54.6 Å². The minimum absolute atomic E-state index is 0.109. The highest BCUT2D eigenvalue weighted by Gasteiger charge is 2.45. The molecular formula is C20H13NO2S. The molecule has 1 aliphatic heterocycles. The van der Waals surface area contributed by atoms with Crippen LogP contribution in [0.5, 0.6) is 0 Å². The van der Waals surface area contributed by atoms with Crippen LogP contribution in [0, 0.1) is 5.92 Å². The highest BCUT2D eigenvalue weighted by atomic mass is 32.2. The van der Waals surface area contributed by atoms with E-state index >= 15 is 0 Å². The third kappa shape index (κ3) is 1.93. The molecule has 0 fully saturated rings. The van der Waals surface area contributed by atoms with Crippen LogP contribution < -0.4 is 0 Å². The minimum Gasteiger partial charge on any atom is -0.468 e. The summed E-state index contributed by atoms with van der Waals surface area (Å²) in [5.41, 5.74) is 3.48. The summed E-state index contributed by atoms with van der Waals surface area (Å²) in [7, 11) is 0. The Morgan fingerprint density at radius 1 is 0.917 bits per heavy atom. The van der Waals surface area contributed by atoms with Crippen LogP contribution in [0.3, 0.4) is 0 Å². The number of furan rings is 1. The van der Waals surface area contributed by atoms with Crippen LogP contribution in [-0.2, 0) is 0 Å². The predicted molar refractivity (Wildman–Crippen MR) is 94.2 cm³/mol. The Morgan fingerprint density at radius 3 is 2.54 bits per heavy atom. The molecule has 116 valence electrons. The van der Waals surface area contributed by atoms with E-state index in [0.29, 0.717) is 0 Å².